The van der Waals surface area contributed by atoms with E-state index in [4.69, 9.17) is 26.1 Å². The molecular formula is C7H15BKN3O6. The van der Waals surface area contributed by atoms with Crippen molar-refractivity contribution >= 4 is 7.32 Å². The monoisotopic (exact) mass is 287 g/mol. The first-order valence-electron chi connectivity index (χ1n) is 4.59. The van der Waals surface area contributed by atoms with Crippen LogP contribution < -0.4 is 66.9 Å². The molecule has 9 nitrogen and oxygen atoms in total. The number of aliphatic hydroxyl groups excluding tert-OH is 3. The first-order chi connectivity index (χ1) is 7.97. The van der Waals surface area contributed by atoms with Gasteiger partial charge in [-0.25, -0.2) is 0 Å². The summed E-state index contributed by atoms with van der Waals surface area (Å²) in [6.07, 6.45) is 2.84. The quantitative estimate of drug-likeness (QED) is 0.334. The number of aromatic nitrogens is 2. The van der Waals surface area contributed by atoms with E-state index < -0.39 is 32.7 Å². The van der Waals surface area contributed by atoms with Crippen LogP contribution in [0.2, 0.25) is 0 Å². The van der Waals surface area contributed by atoms with Crippen LogP contribution in [0.15, 0.2) is 18.5 Å². The molecule has 1 heterocycles. The fourth-order valence-corrected chi connectivity index (χ4v) is 0.560. The Hall–Kier alpha value is 0.471. The Kier molecular flexibility index (Phi) is 13.1. The van der Waals surface area contributed by atoms with E-state index in [0.29, 0.717) is 0 Å². The van der Waals surface area contributed by atoms with Crippen molar-refractivity contribution in [3.05, 3.63) is 18.5 Å². The third-order valence-electron chi connectivity index (χ3n) is 1.62. The molecule has 0 unspecified atom stereocenters. The van der Waals surface area contributed by atoms with E-state index in [9.17, 15) is 5.02 Å². The standard InChI is InChI=1S/C4H11NO3.C3H4BN2O3.K/c5-4(1-6,2-7)3-8;7-4(8)9-6-3-1-2-5-6;/h6-8H,1-3,5H2;1-3,7H;/q;-1;+1. The fourth-order valence-electron chi connectivity index (χ4n) is 0.560. The van der Waals surface area contributed by atoms with Gasteiger partial charge in [0.15, 0.2) is 0 Å². The molecule has 0 aliphatic rings. The maximum atomic E-state index is 9.87. The zero-order valence-electron chi connectivity index (χ0n) is 10.0. The molecule has 0 radical (unpaired) electrons. The van der Waals surface area contributed by atoms with E-state index in [2.05, 4.69) is 9.85 Å². The van der Waals surface area contributed by atoms with Crippen LogP contribution in [0, 0.1) is 0 Å². The second kappa shape index (κ2) is 11.3. The van der Waals surface area contributed by atoms with Crippen LogP contribution in [-0.2, 0) is 0 Å². The van der Waals surface area contributed by atoms with Crippen LogP contribution in [0.5, 0.6) is 0 Å². The van der Waals surface area contributed by atoms with Crippen molar-refractivity contribution in [2.75, 3.05) is 19.8 Å². The van der Waals surface area contributed by atoms with Crippen LogP contribution in [0.25, 0.3) is 0 Å². The van der Waals surface area contributed by atoms with Gasteiger partial charge in [0.2, 0.25) is 0 Å². The van der Waals surface area contributed by atoms with Gasteiger partial charge >= 0.3 is 58.7 Å². The van der Waals surface area contributed by atoms with Crippen LogP contribution in [0.4, 0.5) is 0 Å². The van der Waals surface area contributed by atoms with E-state index in [0.717, 1.165) is 4.85 Å². The fraction of sp³-hybridized carbons (Fsp3) is 0.571. The molecule has 0 saturated carbocycles. The zero-order valence-corrected chi connectivity index (χ0v) is 13.1. The van der Waals surface area contributed by atoms with Crippen LogP contribution in [0.1, 0.15) is 0 Å². The van der Waals surface area contributed by atoms with Crippen molar-refractivity contribution in [2.24, 2.45) is 5.73 Å². The van der Waals surface area contributed by atoms with Crippen molar-refractivity contribution in [1.82, 2.24) is 9.94 Å². The number of nitrogens with zero attached hydrogens (tertiary/aromatic N) is 2. The minimum absolute atomic E-state index is 0. The number of nitrogens with two attached hydrogens (primary N) is 1. The van der Waals surface area contributed by atoms with Gasteiger partial charge in [0.1, 0.15) is 0 Å². The number of hydrogen-bond donors (Lipinski definition) is 5. The molecule has 0 aliphatic heterocycles. The Morgan fingerprint density at radius 3 is 2.06 bits per heavy atom. The first kappa shape index (κ1) is 20.8. The molecule has 0 aliphatic carbocycles. The second-order valence-electron chi connectivity index (χ2n) is 3.16. The largest absolute Gasteiger partial charge is 1.00 e. The van der Waals surface area contributed by atoms with Gasteiger partial charge in [0.05, 0.1) is 37.8 Å². The van der Waals surface area contributed by atoms with Gasteiger partial charge in [0.25, 0.3) is 0 Å². The summed E-state index contributed by atoms with van der Waals surface area (Å²) in [5, 5.41) is 46.5. The van der Waals surface area contributed by atoms with E-state index >= 15 is 0 Å². The van der Waals surface area contributed by atoms with E-state index in [1.165, 1.54) is 12.4 Å². The SMILES string of the molecule is NC(CO)(CO)CO.[K+].[O-]B(O)On1cccn1. The summed E-state index contributed by atoms with van der Waals surface area (Å²) in [6, 6.07) is 1.57. The van der Waals surface area contributed by atoms with Crippen LogP contribution >= 0.6 is 0 Å². The summed E-state index contributed by atoms with van der Waals surface area (Å²) in [5.41, 5.74) is 3.94. The second-order valence-corrected chi connectivity index (χ2v) is 3.16. The van der Waals surface area contributed by atoms with Crippen molar-refractivity contribution in [1.29, 1.82) is 0 Å². The summed E-state index contributed by atoms with van der Waals surface area (Å²) in [6.45, 7) is -1.21. The summed E-state index contributed by atoms with van der Waals surface area (Å²) < 4.78 is 4.16. The molecule has 1 rings (SSSR count). The molecule has 0 fully saturated rings. The predicted octanol–water partition coefficient (Wildman–Crippen LogP) is -7.69. The molecule has 0 atom stereocenters. The Labute approximate surface area is 147 Å². The molecule has 1 aromatic heterocycles. The average Bonchev–Trinajstić information content (AvgIpc) is 2.81. The normalized spacial score (nSPS) is 9.89. The van der Waals surface area contributed by atoms with Crippen LogP contribution in [0.3, 0.4) is 0 Å². The van der Waals surface area contributed by atoms with Crippen molar-refractivity contribution in [2.45, 2.75) is 5.54 Å². The van der Waals surface area contributed by atoms with E-state index in [1.54, 1.807) is 6.07 Å². The van der Waals surface area contributed by atoms with Gasteiger partial charge in [-0.2, -0.15) is 0 Å². The van der Waals surface area contributed by atoms with Crippen molar-refractivity contribution in [3.8, 4) is 0 Å². The Bertz CT molecular complexity index is 276. The smallest absolute Gasteiger partial charge is 0.819 e. The molecule has 0 aromatic carbocycles. The Balaban J connectivity index is 0. The summed E-state index contributed by atoms with van der Waals surface area (Å²) >= 11 is 0. The minimum Gasteiger partial charge on any atom is -0.819 e. The zero-order chi connectivity index (χ0) is 13.3. The van der Waals surface area contributed by atoms with E-state index in [1.807, 2.05) is 0 Å². The molecule has 0 saturated heterocycles. The number of aliphatic hydroxyl groups is 3. The molecule has 0 spiro atoms. The number of hydrogen-bond acceptors (Lipinski definition) is 8. The molecule has 6 N–H and O–H groups in total. The number of rotatable bonds is 5. The van der Waals surface area contributed by atoms with Crippen molar-refractivity contribution < 1.29 is 81.5 Å². The van der Waals surface area contributed by atoms with Crippen molar-refractivity contribution in [3.63, 3.8) is 0 Å². The topological polar surface area (TPSA) is 157 Å². The Morgan fingerprint density at radius 2 is 1.83 bits per heavy atom. The molecule has 1 aromatic rings. The molecule has 11 heteroatoms. The predicted molar refractivity (Wildman–Crippen MR) is 55.0 cm³/mol. The first-order valence-corrected chi connectivity index (χ1v) is 4.59. The summed E-state index contributed by atoms with van der Waals surface area (Å²) in [5.74, 6) is 0. The maximum Gasteiger partial charge on any atom is 1.00 e. The van der Waals surface area contributed by atoms with Gasteiger partial charge in [-0.05, 0) is 6.07 Å². The maximum absolute atomic E-state index is 9.87. The third kappa shape index (κ3) is 9.41. The van der Waals surface area contributed by atoms with E-state index in [-0.39, 0.29) is 51.4 Å². The Morgan fingerprint density at radius 1 is 1.33 bits per heavy atom. The van der Waals surface area contributed by atoms with Gasteiger partial charge in [0, 0.05) is 0 Å². The summed E-state index contributed by atoms with van der Waals surface area (Å²) in [7, 11) is -2.06. The molecular weight excluding hydrogens is 272 g/mol. The molecule has 0 bridgehead atoms. The van der Waals surface area contributed by atoms with Crippen LogP contribution in [-0.4, -0.2) is 63.0 Å². The minimum atomic E-state index is -2.06. The average molecular weight is 287 g/mol. The van der Waals surface area contributed by atoms with Gasteiger partial charge in [-0.3, -0.25) is 0 Å². The molecule has 98 valence electrons. The van der Waals surface area contributed by atoms with Gasteiger partial charge in [-0.15, -0.1) is 9.94 Å². The molecule has 18 heavy (non-hydrogen) atoms. The summed E-state index contributed by atoms with van der Waals surface area (Å²) in [4.78, 5) is 0.887. The third-order valence-corrected chi connectivity index (χ3v) is 1.62. The molecule has 0 amide bonds. The van der Waals surface area contributed by atoms with Gasteiger partial charge in [-0.1, -0.05) is 0 Å². The van der Waals surface area contributed by atoms with Gasteiger partial charge < -0.3 is 35.9 Å².